The molecule has 2 aromatic heterocycles. The number of aryl methyl sites for hydroxylation is 2. The fraction of sp³-hybridized carbons (Fsp3) is 0.462. The van der Waals surface area contributed by atoms with Crippen LogP contribution >= 0.6 is 0 Å². The van der Waals surface area contributed by atoms with Crippen molar-refractivity contribution in [2.75, 3.05) is 7.11 Å². The summed E-state index contributed by atoms with van der Waals surface area (Å²) in [7, 11) is 1.52. The van der Waals surface area contributed by atoms with Gasteiger partial charge >= 0.3 is 6.01 Å². The first-order valence-electron chi connectivity index (χ1n) is 6.41. The third-order valence-corrected chi connectivity index (χ3v) is 3.38. The molecule has 2 aromatic rings. The van der Waals surface area contributed by atoms with Crippen molar-refractivity contribution in [3.63, 3.8) is 0 Å². The van der Waals surface area contributed by atoms with Crippen molar-refractivity contribution in [1.29, 1.82) is 0 Å². The van der Waals surface area contributed by atoms with Crippen molar-refractivity contribution >= 4 is 6.29 Å². The second-order valence-corrected chi connectivity index (χ2v) is 4.90. The standard InChI is InChI=1S/C13H15N5O2/c1-7-14-8(2)18(17-7)12-5-11(10-4-9(10)6-19)15-13(16-12)20-3/h5-6,9-10H,4H2,1-3H3. The van der Waals surface area contributed by atoms with Crippen molar-refractivity contribution in [3.05, 3.63) is 23.4 Å². The maximum Gasteiger partial charge on any atom is 0.318 e. The summed E-state index contributed by atoms with van der Waals surface area (Å²) < 4.78 is 6.79. The van der Waals surface area contributed by atoms with Gasteiger partial charge in [0.2, 0.25) is 0 Å². The number of nitrogens with zero attached hydrogens (tertiary/aromatic N) is 5. The number of ether oxygens (including phenoxy) is 1. The summed E-state index contributed by atoms with van der Waals surface area (Å²) in [5.41, 5.74) is 0.816. The van der Waals surface area contributed by atoms with Crippen LogP contribution in [-0.4, -0.2) is 38.1 Å². The van der Waals surface area contributed by atoms with E-state index in [9.17, 15) is 4.79 Å². The second-order valence-electron chi connectivity index (χ2n) is 4.90. The van der Waals surface area contributed by atoms with Crippen LogP contribution in [0.2, 0.25) is 0 Å². The minimum Gasteiger partial charge on any atom is -0.467 e. The quantitative estimate of drug-likeness (QED) is 0.772. The van der Waals surface area contributed by atoms with Gasteiger partial charge in [-0.15, -0.1) is 5.10 Å². The molecule has 0 radical (unpaired) electrons. The lowest BCUT2D eigenvalue weighted by Gasteiger charge is -2.07. The van der Waals surface area contributed by atoms with Crippen LogP contribution in [0.25, 0.3) is 5.82 Å². The molecule has 1 fully saturated rings. The van der Waals surface area contributed by atoms with E-state index in [1.807, 2.05) is 19.9 Å². The Morgan fingerprint density at radius 2 is 2.15 bits per heavy atom. The number of methoxy groups -OCH3 is 1. The monoisotopic (exact) mass is 273 g/mol. The number of carbonyl (C=O) groups excluding carboxylic acids is 1. The van der Waals surface area contributed by atoms with Gasteiger partial charge in [0.05, 0.1) is 12.8 Å². The molecule has 2 unspecified atom stereocenters. The van der Waals surface area contributed by atoms with E-state index in [1.54, 1.807) is 4.68 Å². The largest absolute Gasteiger partial charge is 0.467 e. The summed E-state index contributed by atoms with van der Waals surface area (Å²) in [4.78, 5) is 23.7. The number of hydrogen-bond acceptors (Lipinski definition) is 6. The molecule has 7 heteroatoms. The molecule has 1 aliphatic rings. The minimum atomic E-state index is 0.0565. The Balaban J connectivity index is 2.04. The first-order chi connectivity index (χ1) is 9.62. The van der Waals surface area contributed by atoms with Crippen molar-refractivity contribution in [3.8, 4) is 11.8 Å². The van der Waals surface area contributed by atoms with Crippen LogP contribution in [-0.2, 0) is 4.79 Å². The molecule has 2 heterocycles. The van der Waals surface area contributed by atoms with E-state index in [0.717, 1.165) is 24.2 Å². The molecule has 3 rings (SSSR count). The van der Waals surface area contributed by atoms with Gasteiger partial charge in [-0.25, -0.2) is 4.98 Å². The van der Waals surface area contributed by atoms with Crippen LogP contribution in [0.3, 0.4) is 0 Å². The summed E-state index contributed by atoms with van der Waals surface area (Å²) in [6, 6.07) is 2.12. The third kappa shape index (κ3) is 2.15. The van der Waals surface area contributed by atoms with Gasteiger partial charge in [-0.3, -0.25) is 0 Å². The van der Waals surface area contributed by atoms with Crippen molar-refractivity contribution < 1.29 is 9.53 Å². The number of aldehydes is 1. The van der Waals surface area contributed by atoms with E-state index < -0.39 is 0 Å². The summed E-state index contributed by atoms with van der Waals surface area (Å²) in [6.45, 7) is 3.69. The Hall–Kier alpha value is -2.31. The molecule has 7 nitrogen and oxygen atoms in total. The van der Waals surface area contributed by atoms with E-state index in [1.165, 1.54) is 7.11 Å². The van der Waals surface area contributed by atoms with Gasteiger partial charge in [-0.2, -0.15) is 14.6 Å². The van der Waals surface area contributed by atoms with Crippen LogP contribution in [0.5, 0.6) is 6.01 Å². The topological polar surface area (TPSA) is 82.8 Å². The highest BCUT2D eigenvalue weighted by atomic mass is 16.5. The molecule has 0 aliphatic heterocycles. The van der Waals surface area contributed by atoms with Crippen molar-refractivity contribution in [2.45, 2.75) is 26.2 Å². The fourth-order valence-electron chi connectivity index (χ4n) is 2.26. The maximum absolute atomic E-state index is 10.8. The summed E-state index contributed by atoms with van der Waals surface area (Å²) in [6.07, 6.45) is 1.81. The Morgan fingerprint density at radius 1 is 1.35 bits per heavy atom. The van der Waals surface area contributed by atoms with Crippen molar-refractivity contribution in [1.82, 2.24) is 24.7 Å². The van der Waals surface area contributed by atoms with Gasteiger partial charge in [0, 0.05) is 17.9 Å². The Morgan fingerprint density at radius 3 is 2.70 bits per heavy atom. The van der Waals surface area contributed by atoms with Crippen molar-refractivity contribution in [2.24, 2.45) is 5.92 Å². The Kier molecular flexibility index (Phi) is 2.96. The average molecular weight is 273 g/mol. The van der Waals surface area contributed by atoms with Gasteiger partial charge in [0.25, 0.3) is 0 Å². The first kappa shape index (κ1) is 12.7. The first-order valence-corrected chi connectivity index (χ1v) is 6.41. The predicted molar refractivity (Wildman–Crippen MR) is 69.9 cm³/mol. The lowest BCUT2D eigenvalue weighted by atomic mass is 10.2. The molecule has 2 atom stereocenters. The smallest absolute Gasteiger partial charge is 0.318 e. The highest BCUT2D eigenvalue weighted by Crippen LogP contribution is 2.45. The molecular formula is C13H15N5O2. The molecule has 0 bridgehead atoms. The van der Waals surface area contributed by atoms with Crippen LogP contribution in [0.15, 0.2) is 6.07 Å². The molecule has 0 aromatic carbocycles. The lowest BCUT2D eigenvalue weighted by Crippen LogP contribution is -2.07. The molecule has 0 spiro atoms. The highest BCUT2D eigenvalue weighted by Gasteiger charge is 2.40. The van der Waals surface area contributed by atoms with Gasteiger partial charge in [-0.05, 0) is 20.3 Å². The number of hydrogen-bond donors (Lipinski definition) is 0. The molecule has 0 amide bonds. The normalized spacial score (nSPS) is 20.8. The van der Waals surface area contributed by atoms with Gasteiger partial charge in [0.1, 0.15) is 17.9 Å². The Labute approximate surface area is 116 Å². The van der Waals surface area contributed by atoms with Crippen LogP contribution in [0.1, 0.15) is 29.7 Å². The van der Waals surface area contributed by atoms with Crippen LogP contribution in [0, 0.1) is 19.8 Å². The molecule has 0 saturated heterocycles. The number of aromatic nitrogens is 5. The molecule has 1 aliphatic carbocycles. The van der Waals surface area contributed by atoms with Gasteiger partial charge < -0.3 is 9.53 Å². The molecule has 1 saturated carbocycles. The molecule has 20 heavy (non-hydrogen) atoms. The minimum absolute atomic E-state index is 0.0565. The number of carbonyl (C=O) groups is 1. The van der Waals surface area contributed by atoms with E-state index in [-0.39, 0.29) is 17.8 Å². The number of rotatable bonds is 4. The van der Waals surface area contributed by atoms with E-state index in [2.05, 4.69) is 20.1 Å². The average Bonchev–Trinajstić information content (AvgIpc) is 3.16. The van der Waals surface area contributed by atoms with E-state index in [4.69, 9.17) is 4.74 Å². The SMILES string of the molecule is COc1nc(C2CC2C=O)cc(-n2nc(C)nc2C)n1. The summed E-state index contributed by atoms with van der Waals surface area (Å²) in [5, 5.41) is 4.31. The third-order valence-electron chi connectivity index (χ3n) is 3.38. The van der Waals surface area contributed by atoms with E-state index >= 15 is 0 Å². The van der Waals surface area contributed by atoms with Crippen LogP contribution in [0.4, 0.5) is 0 Å². The van der Waals surface area contributed by atoms with Crippen LogP contribution < -0.4 is 4.74 Å². The fourth-order valence-corrected chi connectivity index (χ4v) is 2.26. The van der Waals surface area contributed by atoms with Gasteiger partial charge in [-0.1, -0.05) is 0 Å². The lowest BCUT2D eigenvalue weighted by molar-refractivity contribution is -0.108. The second kappa shape index (κ2) is 4.66. The zero-order chi connectivity index (χ0) is 14.3. The van der Waals surface area contributed by atoms with Gasteiger partial charge in [0.15, 0.2) is 5.82 Å². The predicted octanol–water partition coefficient (Wildman–Crippen LogP) is 0.985. The van der Waals surface area contributed by atoms with E-state index in [0.29, 0.717) is 11.6 Å². The zero-order valence-electron chi connectivity index (χ0n) is 11.6. The maximum atomic E-state index is 10.8. The summed E-state index contributed by atoms with van der Waals surface area (Å²) >= 11 is 0. The molecular weight excluding hydrogens is 258 g/mol. The zero-order valence-corrected chi connectivity index (χ0v) is 11.6. The summed E-state index contributed by atoms with van der Waals surface area (Å²) in [5.74, 6) is 2.26. The highest BCUT2D eigenvalue weighted by molar-refractivity contribution is 5.61. The molecule has 104 valence electrons. The Bertz CT molecular complexity index is 667. The molecule has 0 N–H and O–H groups in total.